The Morgan fingerprint density at radius 2 is 1.30 bits per heavy atom. The van der Waals surface area contributed by atoms with Crippen molar-refractivity contribution in [3.63, 3.8) is 0 Å². The number of halogens is 7. The molecule has 8 nitrogen and oxygen atoms in total. The van der Waals surface area contributed by atoms with Crippen LogP contribution in [0.2, 0.25) is 0 Å². The molecule has 44 heavy (non-hydrogen) atoms. The van der Waals surface area contributed by atoms with E-state index in [1.165, 1.54) is 29.8 Å². The molecule has 1 unspecified atom stereocenters. The number of benzene rings is 3. The molecule has 1 amide bonds. The van der Waals surface area contributed by atoms with Gasteiger partial charge in [-0.15, -0.1) is 0 Å². The highest BCUT2D eigenvalue weighted by Gasteiger charge is 2.38. The molecule has 1 aliphatic rings. The molecule has 3 N–H and O–H groups in total. The van der Waals surface area contributed by atoms with Crippen LogP contribution in [0.15, 0.2) is 78.9 Å². The molecule has 1 fully saturated rings. The molecule has 0 saturated carbocycles. The first-order valence-corrected chi connectivity index (χ1v) is 12.8. The lowest BCUT2D eigenvalue weighted by molar-refractivity contribution is -0.193. The van der Waals surface area contributed by atoms with Crippen molar-refractivity contribution in [2.45, 2.75) is 31.9 Å². The Morgan fingerprint density at radius 3 is 1.75 bits per heavy atom. The molecule has 15 heteroatoms. The third kappa shape index (κ3) is 11.9. The van der Waals surface area contributed by atoms with Gasteiger partial charge in [-0.25, -0.2) is 14.0 Å². The van der Waals surface area contributed by atoms with E-state index in [0.29, 0.717) is 11.6 Å². The van der Waals surface area contributed by atoms with Crippen molar-refractivity contribution in [1.82, 2.24) is 4.90 Å². The van der Waals surface area contributed by atoms with Gasteiger partial charge in [0.15, 0.2) is 0 Å². The standard InChI is InChI=1S/C25H26FN3O.2C2HF3O2/c1-19-17-28(18-20-5-3-2-4-6-20)15-16-29(19)24-13-11-23(12-14-24)27-25(30)21-7-9-22(26)10-8-21;2*3-2(4,5)1(6)7/h2-14,19H,15-18H2,1H3,(H,27,30);2*(H,6,7). The Hall–Kier alpha value is -4.66. The Kier molecular flexibility index (Phi) is 12.7. The molecule has 0 aliphatic carbocycles. The molecule has 238 valence electrons. The van der Waals surface area contributed by atoms with Gasteiger partial charge in [0.25, 0.3) is 5.91 Å². The molecular formula is C29H28F7N3O5. The van der Waals surface area contributed by atoms with Gasteiger partial charge in [-0.2, -0.15) is 26.3 Å². The minimum atomic E-state index is -5.08. The molecule has 3 aromatic rings. The predicted octanol–water partition coefficient (Wildman–Crippen LogP) is 6.06. The third-order valence-electron chi connectivity index (χ3n) is 6.01. The van der Waals surface area contributed by atoms with Crippen LogP contribution >= 0.6 is 0 Å². The predicted molar refractivity (Wildman–Crippen MR) is 147 cm³/mol. The maximum Gasteiger partial charge on any atom is 0.490 e. The van der Waals surface area contributed by atoms with Crippen molar-refractivity contribution in [1.29, 1.82) is 0 Å². The van der Waals surface area contributed by atoms with Gasteiger partial charge in [0.2, 0.25) is 0 Å². The lowest BCUT2D eigenvalue weighted by atomic mass is 10.1. The van der Waals surface area contributed by atoms with Crippen LogP contribution in [-0.4, -0.2) is 71.0 Å². The number of rotatable bonds is 5. The number of carboxylic acids is 2. The molecule has 0 aromatic heterocycles. The summed E-state index contributed by atoms with van der Waals surface area (Å²) < 4.78 is 76.5. The summed E-state index contributed by atoms with van der Waals surface area (Å²) in [5.41, 5.74) is 3.66. The van der Waals surface area contributed by atoms with Crippen LogP contribution in [0.1, 0.15) is 22.8 Å². The number of carbonyl (C=O) groups is 3. The van der Waals surface area contributed by atoms with Gasteiger partial charge in [0.05, 0.1) is 0 Å². The Bertz CT molecular complexity index is 1340. The van der Waals surface area contributed by atoms with E-state index in [0.717, 1.165) is 37.6 Å². The van der Waals surface area contributed by atoms with E-state index in [1.54, 1.807) is 0 Å². The smallest absolute Gasteiger partial charge is 0.475 e. The van der Waals surface area contributed by atoms with Gasteiger partial charge in [0.1, 0.15) is 5.82 Å². The molecule has 1 atom stereocenters. The number of nitrogens with one attached hydrogen (secondary N) is 1. The van der Waals surface area contributed by atoms with Crippen molar-refractivity contribution < 1.29 is 55.3 Å². The fraction of sp³-hybridized carbons (Fsp3) is 0.276. The largest absolute Gasteiger partial charge is 0.490 e. The van der Waals surface area contributed by atoms with Crippen LogP contribution in [0.25, 0.3) is 0 Å². The van der Waals surface area contributed by atoms with Crippen LogP contribution in [0.3, 0.4) is 0 Å². The summed E-state index contributed by atoms with van der Waals surface area (Å²) in [4.78, 5) is 35.0. The van der Waals surface area contributed by atoms with Gasteiger partial charge < -0.3 is 20.4 Å². The second kappa shape index (κ2) is 15.7. The van der Waals surface area contributed by atoms with E-state index in [2.05, 4.69) is 52.4 Å². The highest BCUT2D eigenvalue weighted by molar-refractivity contribution is 6.04. The summed E-state index contributed by atoms with van der Waals surface area (Å²) in [6.45, 7) is 6.23. The average molecular weight is 632 g/mol. The van der Waals surface area contributed by atoms with E-state index >= 15 is 0 Å². The Balaban J connectivity index is 0.000000402. The third-order valence-corrected chi connectivity index (χ3v) is 6.01. The Morgan fingerprint density at radius 1 is 0.795 bits per heavy atom. The molecule has 0 bridgehead atoms. The number of hydrogen-bond donors (Lipinski definition) is 3. The normalized spacial score (nSPS) is 15.2. The second-order valence-corrected chi connectivity index (χ2v) is 9.38. The molecular weight excluding hydrogens is 603 g/mol. The number of aliphatic carboxylic acids is 2. The van der Waals surface area contributed by atoms with Crippen LogP contribution in [0.5, 0.6) is 0 Å². The molecule has 3 aromatic carbocycles. The first-order valence-electron chi connectivity index (χ1n) is 12.8. The first-order chi connectivity index (χ1) is 20.5. The molecule has 1 aliphatic heterocycles. The summed E-state index contributed by atoms with van der Waals surface area (Å²) in [5.74, 6) is -6.11. The number of anilines is 2. The number of carboxylic acid groups (broad SMARTS) is 2. The summed E-state index contributed by atoms with van der Waals surface area (Å²) in [6, 6.07) is 24.5. The number of piperazine rings is 1. The Labute approximate surface area is 247 Å². The zero-order valence-electron chi connectivity index (χ0n) is 23.1. The molecule has 1 saturated heterocycles. The SMILES string of the molecule is CC1CN(Cc2ccccc2)CCN1c1ccc(NC(=O)c2ccc(F)cc2)cc1.O=C(O)C(F)(F)F.O=C(O)C(F)(F)F. The number of alkyl halides is 6. The van der Waals surface area contributed by atoms with E-state index in [-0.39, 0.29) is 11.7 Å². The summed E-state index contributed by atoms with van der Waals surface area (Å²) in [6.07, 6.45) is -10.2. The average Bonchev–Trinajstić information content (AvgIpc) is 2.94. The zero-order valence-corrected chi connectivity index (χ0v) is 23.1. The van der Waals surface area contributed by atoms with Gasteiger partial charge in [-0.3, -0.25) is 9.69 Å². The lowest BCUT2D eigenvalue weighted by Gasteiger charge is -2.41. The van der Waals surface area contributed by atoms with E-state index in [1.807, 2.05) is 24.3 Å². The monoisotopic (exact) mass is 631 g/mol. The van der Waals surface area contributed by atoms with Crippen LogP contribution in [0.4, 0.5) is 42.1 Å². The van der Waals surface area contributed by atoms with E-state index in [4.69, 9.17) is 19.8 Å². The number of hydrogen-bond acceptors (Lipinski definition) is 5. The minimum absolute atomic E-state index is 0.245. The van der Waals surface area contributed by atoms with Crippen LogP contribution in [0, 0.1) is 5.82 Å². The maximum atomic E-state index is 13.0. The highest BCUT2D eigenvalue weighted by Crippen LogP contribution is 2.24. The van der Waals surface area contributed by atoms with E-state index < -0.39 is 24.3 Å². The fourth-order valence-corrected chi connectivity index (χ4v) is 3.94. The van der Waals surface area contributed by atoms with Gasteiger partial charge in [-0.1, -0.05) is 30.3 Å². The first kappa shape index (κ1) is 35.5. The highest BCUT2D eigenvalue weighted by atomic mass is 19.4. The van der Waals surface area contributed by atoms with Crippen LogP contribution < -0.4 is 10.2 Å². The van der Waals surface area contributed by atoms with Crippen molar-refractivity contribution in [2.24, 2.45) is 0 Å². The topological polar surface area (TPSA) is 110 Å². The molecule has 0 spiro atoms. The minimum Gasteiger partial charge on any atom is -0.475 e. The van der Waals surface area contributed by atoms with Gasteiger partial charge in [0, 0.05) is 49.2 Å². The van der Waals surface area contributed by atoms with Crippen molar-refractivity contribution in [3.8, 4) is 0 Å². The summed E-state index contributed by atoms with van der Waals surface area (Å²) in [7, 11) is 0. The number of carbonyl (C=O) groups excluding carboxylic acids is 1. The summed E-state index contributed by atoms with van der Waals surface area (Å²) >= 11 is 0. The van der Waals surface area contributed by atoms with Crippen LogP contribution in [-0.2, 0) is 16.1 Å². The second-order valence-electron chi connectivity index (χ2n) is 9.38. The van der Waals surface area contributed by atoms with Crippen molar-refractivity contribution >= 4 is 29.2 Å². The molecule has 4 rings (SSSR count). The van der Waals surface area contributed by atoms with Gasteiger partial charge >= 0.3 is 24.3 Å². The number of nitrogens with zero attached hydrogens (tertiary/aromatic N) is 2. The number of amides is 1. The molecule has 1 heterocycles. The maximum absolute atomic E-state index is 13.0. The van der Waals surface area contributed by atoms with Crippen molar-refractivity contribution in [2.75, 3.05) is 29.9 Å². The van der Waals surface area contributed by atoms with Crippen molar-refractivity contribution in [3.05, 3.63) is 95.8 Å². The fourth-order valence-electron chi connectivity index (χ4n) is 3.94. The zero-order chi connectivity index (χ0) is 33.1. The lowest BCUT2D eigenvalue weighted by Crippen LogP contribution is -2.51. The van der Waals surface area contributed by atoms with E-state index in [9.17, 15) is 35.5 Å². The quantitative estimate of drug-likeness (QED) is 0.294. The summed E-state index contributed by atoms with van der Waals surface area (Å²) in [5, 5.41) is 17.1. The molecule has 0 radical (unpaired) electrons. The van der Waals surface area contributed by atoms with Gasteiger partial charge in [-0.05, 0) is 61.0 Å².